The Labute approximate surface area is 461 Å². The SMILES string of the molecule is CC(C)c1cccc(C(C)C)c1N1C(=O)c2ccc3c4cccc5c(N(c6ccc(N7c8ccccc8Sc8ccccc87)cc6)c6ccc(N7c8ccccc8Sc8ccccc87)cc6)ccc(c6ccc(c2c36)C1=O)c54. The van der Waals surface area contributed by atoms with Crippen LogP contribution in [0.4, 0.5) is 56.9 Å². The summed E-state index contributed by atoms with van der Waals surface area (Å²) >= 11 is 3.62. The molecular weight excluding hydrogens is 993 g/mol. The normalized spacial score (nSPS) is 13.7. The van der Waals surface area contributed by atoms with Gasteiger partial charge in [-0.2, -0.15) is 0 Å². The van der Waals surface area contributed by atoms with Gasteiger partial charge in [-0.05, 0) is 171 Å². The second-order valence-electron chi connectivity index (χ2n) is 21.1. The van der Waals surface area contributed by atoms with E-state index >= 15 is 9.59 Å². The summed E-state index contributed by atoms with van der Waals surface area (Å²) in [5.74, 6) is -0.340. The highest BCUT2D eigenvalue weighted by atomic mass is 32.2. The Morgan fingerprint density at radius 3 is 1.18 bits per heavy atom. The molecule has 374 valence electrons. The van der Waals surface area contributed by atoms with Gasteiger partial charge < -0.3 is 14.7 Å². The van der Waals surface area contributed by atoms with E-state index in [0.29, 0.717) is 11.1 Å². The van der Waals surface area contributed by atoms with E-state index in [-0.39, 0.29) is 23.7 Å². The molecule has 15 rings (SSSR count). The number of fused-ring (bicyclic) bond motifs is 6. The summed E-state index contributed by atoms with van der Waals surface area (Å²) in [6, 6.07) is 77.9. The van der Waals surface area contributed by atoms with Crippen molar-refractivity contribution in [3.63, 3.8) is 0 Å². The van der Waals surface area contributed by atoms with Crippen molar-refractivity contribution in [2.24, 2.45) is 0 Å². The van der Waals surface area contributed by atoms with Gasteiger partial charge in [0, 0.05) is 64.2 Å². The van der Waals surface area contributed by atoms with Crippen LogP contribution in [0, 0.1) is 0 Å². The van der Waals surface area contributed by atoms with E-state index in [9.17, 15) is 0 Å². The van der Waals surface area contributed by atoms with Crippen molar-refractivity contribution < 1.29 is 9.59 Å². The van der Waals surface area contributed by atoms with Crippen molar-refractivity contribution >= 4 is 135 Å². The average Bonchev–Trinajstić information content (AvgIpc) is 3.65. The van der Waals surface area contributed by atoms with Crippen LogP contribution in [-0.2, 0) is 0 Å². The van der Waals surface area contributed by atoms with Crippen LogP contribution in [0.2, 0.25) is 0 Å². The Kier molecular flexibility index (Phi) is 10.7. The maximum Gasteiger partial charge on any atom is 0.266 e. The van der Waals surface area contributed by atoms with Crippen LogP contribution in [0.25, 0.3) is 43.1 Å². The predicted octanol–water partition coefficient (Wildman–Crippen LogP) is 20.1. The van der Waals surface area contributed by atoms with Gasteiger partial charge in [-0.3, -0.25) is 9.59 Å². The number of nitrogens with zero attached hydrogens (tertiary/aromatic N) is 4. The molecule has 3 aliphatic rings. The van der Waals surface area contributed by atoms with Crippen molar-refractivity contribution in [3.05, 3.63) is 241 Å². The first-order valence-corrected chi connectivity index (χ1v) is 28.3. The number of para-hydroxylation sites is 5. The molecule has 0 saturated heterocycles. The third kappa shape index (κ3) is 6.92. The zero-order chi connectivity index (χ0) is 52.5. The quantitative estimate of drug-likeness (QED) is 0.0854. The minimum absolute atomic E-state index is 0.109. The number of amides is 2. The Morgan fingerprint density at radius 1 is 0.346 bits per heavy atom. The zero-order valence-corrected chi connectivity index (χ0v) is 45.0. The van der Waals surface area contributed by atoms with E-state index in [0.717, 1.165) is 111 Å². The Bertz CT molecular complexity index is 4150. The number of imide groups is 1. The van der Waals surface area contributed by atoms with Gasteiger partial charge in [0.25, 0.3) is 11.8 Å². The molecule has 0 radical (unpaired) electrons. The topological polar surface area (TPSA) is 47.1 Å². The molecule has 0 atom stereocenters. The van der Waals surface area contributed by atoms with E-state index in [4.69, 9.17) is 0 Å². The number of hydrogen-bond acceptors (Lipinski definition) is 7. The van der Waals surface area contributed by atoms with Crippen LogP contribution in [-0.4, -0.2) is 11.8 Å². The zero-order valence-electron chi connectivity index (χ0n) is 43.4. The lowest BCUT2D eigenvalue weighted by Gasteiger charge is -2.34. The molecule has 12 aromatic carbocycles. The lowest BCUT2D eigenvalue weighted by atomic mass is 9.83. The largest absolute Gasteiger partial charge is 0.310 e. The van der Waals surface area contributed by atoms with E-state index in [1.165, 1.54) is 24.5 Å². The second-order valence-corrected chi connectivity index (χ2v) is 23.3. The smallest absolute Gasteiger partial charge is 0.266 e. The molecule has 3 aliphatic heterocycles. The first-order chi connectivity index (χ1) is 38.2. The van der Waals surface area contributed by atoms with Crippen LogP contribution in [0.15, 0.2) is 238 Å². The van der Waals surface area contributed by atoms with Crippen LogP contribution >= 0.6 is 23.5 Å². The molecule has 12 aromatic rings. The van der Waals surface area contributed by atoms with Crippen LogP contribution in [0.1, 0.15) is 71.4 Å². The monoisotopic (exact) mass is 1040 g/mol. The van der Waals surface area contributed by atoms with Crippen LogP contribution in [0.5, 0.6) is 0 Å². The maximum atomic E-state index is 15.1. The third-order valence-corrected chi connectivity index (χ3v) is 18.3. The fourth-order valence-corrected chi connectivity index (χ4v) is 14.7. The summed E-state index contributed by atoms with van der Waals surface area (Å²) in [5, 5.41) is 8.07. The molecule has 0 aliphatic carbocycles. The maximum absolute atomic E-state index is 15.1. The lowest BCUT2D eigenvalue weighted by Crippen LogP contribution is -2.41. The molecule has 0 unspecified atom stereocenters. The first kappa shape index (κ1) is 46.5. The molecule has 78 heavy (non-hydrogen) atoms. The highest BCUT2D eigenvalue weighted by Crippen LogP contribution is 2.55. The van der Waals surface area contributed by atoms with Gasteiger partial charge in [0.15, 0.2) is 0 Å². The molecule has 8 heteroatoms. The van der Waals surface area contributed by atoms with Crippen molar-refractivity contribution in [2.75, 3.05) is 19.6 Å². The van der Waals surface area contributed by atoms with Gasteiger partial charge >= 0.3 is 0 Å². The molecule has 0 bridgehead atoms. The molecule has 0 fully saturated rings. The fraction of sp³-hybridized carbons (Fsp3) is 0.0857. The van der Waals surface area contributed by atoms with Crippen molar-refractivity contribution in [1.82, 2.24) is 0 Å². The number of benzene rings is 12. The number of carbonyl (C=O) groups is 2. The lowest BCUT2D eigenvalue weighted by molar-refractivity contribution is 0.0893. The minimum atomic E-state index is -0.279. The van der Waals surface area contributed by atoms with Crippen molar-refractivity contribution in [3.8, 4) is 0 Å². The number of carbonyl (C=O) groups excluding carboxylic acids is 2. The van der Waals surface area contributed by atoms with Crippen molar-refractivity contribution in [2.45, 2.75) is 59.1 Å². The molecule has 0 N–H and O–H groups in total. The summed E-state index contributed by atoms with van der Waals surface area (Å²) in [6.07, 6.45) is 0. The van der Waals surface area contributed by atoms with Crippen LogP contribution in [0.3, 0.4) is 0 Å². The molecule has 3 heterocycles. The number of rotatable bonds is 8. The Balaban J connectivity index is 0.902. The van der Waals surface area contributed by atoms with E-state index < -0.39 is 0 Å². The molecule has 6 nitrogen and oxygen atoms in total. The molecule has 0 saturated carbocycles. The second kappa shape index (κ2) is 17.9. The van der Waals surface area contributed by atoms with Crippen LogP contribution < -0.4 is 19.6 Å². The molecular formula is C70H50N4O2S2. The summed E-state index contributed by atoms with van der Waals surface area (Å²) in [5.41, 5.74) is 13.7. The summed E-state index contributed by atoms with van der Waals surface area (Å²) in [6.45, 7) is 8.49. The summed E-state index contributed by atoms with van der Waals surface area (Å²) < 4.78 is 0. The fourth-order valence-electron chi connectivity index (χ4n) is 12.5. The summed E-state index contributed by atoms with van der Waals surface area (Å²) in [4.78, 5) is 43.6. The Hall–Kier alpha value is -8.82. The third-order valence-electron chi connectivity index (χ3n) is 16.0. The molecule has 0 aromatic heterocycles. The molecule has 2 amide bonds. The number of hydrogen-bond donors (Lipinski definition) is 0. The Morgan fingerprint density at radius 2 is 0.731 bits per heavy atom. The standard InChI is InChI=1S/C70H50N4O2S2/c1-41(2)47-15-13-16-48(42(3)4)68(47)74-69(75)54-37-35-51-49-17-14-18-53-56(40-39-50(65(49)53)52-36-38-55(70(74)76)67(54)66(51)52)71(43-27-31-45(32-28-43)72-57-19-5-9-23-61(57)77-62-24-10-6-20-58(62)72)44-29-33-46(34-30-44)73-59-21-7-11-25-63(59)78-64-26-12-8-22-60(64)73/h5-42H,1-4H3. The van der Waals surface area contributed by atoms with Gasteiger partial charge in [0.05, 0.1) is 34.1 Å². The highest BCUT2D eigenvalue weighted by molar-refractivity contribution is 8.00. The number of anilines is 10. The van der Waals surface area contributed by atoms with Gasteiger partial charge in [-0.1, -0.05) is 154 Å². The van der Waals surface area contributed by atoms with Gasteiger partial charge in [-0.25, -0.2) is 4.90 Å². The average molecular weight is 1040 g/mol. The summed E-state index contributed by atoms with van der Waals surface area (Å²) in [7, 11) is 0. The predicted molar refractivity (Wildman–Crippen MR) is 326 cm³/mol. The van der Waals surface area contributed by atoms with E-state index in [1.54, 1.807) is 0 Å². The minimum Gasteiger partial charge on any atom is -0.310 e. The van der Waals surface area contributed by atoms with E-state index in [2.05, 4.69) is 243 Å². The van der Waals surface area contributed by atoms with Gasteiger partial charge in [0.1, 0.15) is 0 Å². The van der Waals surface area contributed by atoms with Gasteiger partial charge in [-0.15, -0.1) is 0 Å². The van der Waals surface area contributed by atoms with Crippen molar-refractivity contribution in [1.29, 1.82) is 0 Å². The first-order valence-electron chi connectivity index (χ1n) is 26.7. The van der Waals surface area contributed by atoms with Gasteiger partial charge in [0.2, 0.25) is 0 Å². The molecule has 0 spiro atoms. The highest BCUT2D eigenvalue weighted by Gasteiger charge is 2.38. The van der Waals surface area contributed by atoms with E-state index in [1.807, 2.05) is 41.7 Å².